The molecule has 0 amide bonds. The normalized spacial score (nSPS) is 25.2. The summed E-state index contributed by atoms with van der Waals surface area (Å²) in [6.07, 6.45) is -0.181. The summed E-state index contributed by atoms with van der Waals surface area (Å²) in [5.41, 5.74) is 4.02. The predicted octanol–water partition coefficient (Wildman–Crippen LogP) is -1.33. The van der Waals surface area contributed by atoms with Gasteiger partial charge in [0.25, 0.3) is 0 Å². The number of carboxylic acid groups (broad SMARTS) is 2. The van der Waals surface area contributed by atoms with Crippen molar-refractivity contribution in [1.82, 2.24) is 4.31 Å². The molecule has 0 saturated carbocycles. The first-order chi connectivity index (χ1) is 8.17. The molecular weight excluding hydrogens is 264 g/mol. The van der Waals surface area contributed by atoms with Gasteiger partial charge in [-0.15, -0.1) is 0 Å². The molecule has 1 aliphatic heterocycles. The Kier molecular flexibility index (Phi) is 4.30. The lowest BCUT2D eigenvalue weighted by Gasteiger charge is -2.19. The van der Waals surface area contributed by atoms with Gasteiger partial charge in [-0.3, -0.25) is 9.59 Å². The SMILES string of the molecule is NC1(C(=O)O)CCN(S(=O)(=O)CCCC(=O)O)C1. The molecule has 0 radical (unpaired) electrons. The minimum absolute atomic E-state index is 0.00118. The van der Waals surface area contributed by atoms with Gasteiger partial charge in [0.1, 0.15) is 5.54 Å². The Morgan fingerprint density at radius 2 is 1.94 bits per heavy atom. The predicted molar refractivity (Wildman–Crippen MR) is 61.4 cm³/mol. The van der Waals surface area contributed by atoms with E-state index in [-0.39, 0.29) is 38.1 Å². The van der Waals surface area contributed by atoms with E-state index in [2.05, 4.69) is 0 Å². The molecule has 9 heteroatoms. The van der Waals surface area contributed by atoms with Crippen LogP contribution < -0.4 is 5.73 Å². The molecular formula is C9H16N2O6S. The Balaban J connectivity index is 2.60. The number of nitrogens with zero attached hydrogens (tertiary/aromatic N) is 1. The van der Waals surface area contributed by atoms with Gasteiger partial charge in [0.2, 0.25) is 10.0 Å². The Labute approximate surface area is 104 Å². The molecule has 1 atom stereocenters. The van der Waals surface area contributed by atoms with E-state index in [1.54, 1.807) is 0 Å². The molecule has 0 aromatic heterocycles. The third-order valence-electron chi connectivity index (χ3n) is 2.88. The van der Waals surface area contributed by atoms with Gasteiger partial charge in [0.15, 0.2) is 0 Å². The second-order valence-corrected chi connectivity index (χ2v) is 6.45. The molecule has 0 aromatic carbocycles. The van der Waals surface area contributed by atoms with E-state index in [4.69, 9.17) is 15.9 Å². The van der Waals surface area contributed by atoms with Crippen molar-refractivity contribution in [2.24, 2.45) is 5.73 Å². The number of rotatable bonds is 6. The van der Waals surface area contributed by atoms with Gasteiger partial charge < -0.3 is 15.9 Å². The van der Waals surface area contributed by atoms with E-state index in [1.165, 1.54) is 0 Å². The fraction of sp³-hybridized carbons (Fsp3) is 0.778. The van der Waals surface area contributed by atoms with Crippen LogP contribution in [0.25, 0.3) is 0 Å². The van der Waals surface area contributed by atoms with Gasteiger partial charge in [0, 0.05) is 19.5 Å². The topological polar surface area (TPSA) is 138 Å². The summed E-state index contributed by atoms with van der Waals surface area (Å²) >= 11 is 0. The monoisotopic (exact) mass is 280 g/mol. The van der Waals surface area contributed by atoms with Gasteiger partial charge in [-0.25, -0.2) is 8.42 Å². The zero-order valence-electron chi connectivity index (χ0n) is 9.70. The zero-order chi connectivity index (χ0) is 14.0. The molecule has 4 N–H and O–H groups in total. The number of aliphatic carboxylic acids is 2. The molecule has 1 saturated heterocycles. The van der Waals surface area contributed by atoms with Crippen LogP contribution in [0.5, 0.6) is 0 Å². The smallest absolute Gasteiger partial charge is 0.325 e. The van der Waals surface area contributed by atoms with Gasteiger partial charge in [0.05, 0.1) is 5.75 Å². The van der Waals surface area contributed by atoms with Crippen LogP contribution in [0, 0.1) is 0 Å². The van der Waals surface area contributed by atoms with Gasteiger partial charge in [-0.1, -0.05) is 0 Å². The van der Waals surface area contributed by atoms with Crippen LogP contribution >= 0.6 is 0 Å². The maximum absolute atomic E-state index is 11.8. The lowest BCUT2D eigenvalue weighted by atomic mass is 10.0. The zero-order valence-corrected chi connectivity index (χ0v) is 10.5. The summed E-state index contributed by atoms with van der Waals surface area (Å²) in [4.78, 5) is 21.2. The average Bonchev–Trinajstić information content (AvgIpc) is 2.62. The van der Waals surface area contributed by atoms with E-state index in [9.17, 15) is 18.0 Å². The number of sulfonamides is 1. The van der Waals surface area contributed by atoms with E-state index in [1.807, 2.05) is 0 Å². The fourth-order valence-electron chi connectivity index (χ4n) is 1.74. The third-order valence-corrected chi connectivity index (χ3v) is 4.78. The number of carbonyl (C=O) groups is 2. The lowest BCUT2D eigenvalue weighted by Crippen LogP contribution is -2.50. The van der Waals surface area contributed by atoms with Crippen LogP contribution in [0.4, 0.5) is 0 Å². The Hall–Kier alpha value is -1.19. The molecule has 0 aliphatic carbocycles. The second-order valence-electron chi connectivity index (χ2n) is 4.36. The fourth-order valence-corrected chi connectivity index (χ4v) is 3.31. The van der Waals surface area contributed by atoms with Crippen LogP contribution in [-0.2, 0) is 19.6 Å². The van der Waals surface area contributed by atoms with Crippen molar-refractivity contribution in [3.8, 4) is 0 Å². The first kappa shape index (κ1) is 14.9. The molecule has 1 heterocycles. The highest BCUT2D eigenvalue weighted by atomic mass is 32.2. The molecule has 0 bridgehead atoms. The summed E-state index contributed by atoms with van der Waals surface area (Å²) in [5.74, 6) is -2.61. The van der Waals surface area contributed by atoms with Crippen LogP contribution in [0.2, 0.25) is 0 Å². The van der Waals surface area contributed by atoms with Crippen molar-refractivity contribution < 1.29 is 28.2 Å². The molecule has 1 aliphatic rings. The van der Waals surface area contributed by atoms with Crippen molar-refractivity contribution in [2.75, 3.05) is 18.8 Å². The van der Waals surface area contributed by atoms with E-state index in [0.29, 0.717) is 0 Å². The molecule has 1 rings (SSSR count). The summed E-state index contributed by atoms with van der Waals surface area (Å²) < 4.78 is 24.6. The highest BCUT2D eigenvalue weighted by Gasteiger charge is 2.44. The lowest BCUT2D eigenvalue weighted by molar-refractivity contribution is -0.142. The molecule has 1 unspecified atom stereocenters. The molecule has 8 nitrogen and oxygen atoms in total. The summed E-state index contributed by atoms with van der Waals surface area (Å²) in [6.45, 7) is -0.212. The minimum Gasteiger partial charge on any atom is -0.481 e. The number of hydrogen-bond donors (Lipinski definition) is 3. The molecule has 0 aromatic rings. The highest BCUT2D eigenvalue weighted by molar-refractivity contribution is 7.89. The van der Waals surface area contributed by atoms with Crippen molar-refractivity contribution >= 4 is 22.0 Å². The van der Waals surface area contributed by atoms with Crippen molar-refractivity contribution in [1.29, 1.82) is 0 Å². The van der Waals surface area contributed by atoms with Gasteiger partial charge in [-0.05, 0) is 12.8 Å². The quantitative estimate of drug-likeness (QED) is 0.547. The Morgan fingerprint density at radius 1 is 1.33 bits per heavy atom. The average molecular weight is 280 g/mol. The molecule has 18 heavy (non-hydrogen) atoms. The third kappa shape index (κ3) is 3.40. The highest BCUT2D eigenvalue weighted by Crippen LogP contribution is 2.22. The van der Waals surface area contributed by atoms with E-state index < -0.39 is 27.5 Å². The number of nitrogens with two attached hydrogens (primary N) is 1. The summed E-state index contributed by atoms with van der Waals surface area (Å²) in [5, 5.41) is 17.3. The number of hydrogen-bond acceptors (Lipinski definition) is 5. The first-order valence-electron chi connectivity index (χ1n) is 5.39. The van der Waals surface area contributed by atoms with Crippen LogP contribution in [0.3, 0.4) is 0 Å². The largest absolute Gasteiger partial charge is 0.481 e. The molecule has 0 spiro atoms. The van der Waals surface area contributed by atoms with Crippen LogP contribution in [-0.4, -0.2) is 59.3 Å². The van der Waals surface area contributed by atoms with Crippen LogP contribution in [0.15, 0.2) is 0 Å². The summed E-state index contributed by atoms with van der Waals surface area (Å²) in [6, 6.07) is 0. The van der Waals surface area contributed by atoms with Crippen LogP contribution in [0.1, 0.15) is 19.3 Å². The van der Waals surface area contributed by atoms with Crippen molar-refractivity contribution in [3.05, 3.63) is 0 Å². The first-order valence-corrected chi connectivity index (χ1v) is 7.00. The van der Waals surface area contributed by atoms with Crippen molar-refractivity contribution in [3.63, 3.8) is 0 Å². The molecule has 104 valence electrons. The van der Waals surface area contributed by atoms with Gasteiger partial charge >= 0.3 is 11.9 Å². The summed E-state index contributed by atoms with van der Waals surface area (Å²) in [7, 11) is -3.63. The second kappa shape index (κ2) is 5.21. The van der Waals surface area contributed by atoms with E-state index in [0.717, 1.165) is 4.31 Å². The Morgan fingerprint density at radius 3 is 2.39 bits per heavy atom. The van der Waals surface area contributed by atoms with Crippen molar-refractivity contribution in [2.45, 2.75) is 24.8 Å². The Bertz CT molecular complexity index is 448. The standard InChI is InChI=1S/C9H16N2O6S/c10-9(8(14)15)3-4-11(6-9)18(16,17)5-1-2-7(12)13/h1-6,10H2,(H,12,13)(H,14,15). The molecule has 1 fully saturated rings. The van der Waals surface area contributed by atoms with Gasteiger partial charge in [-0.2, -0.15) is 4.31 Å². The maximum Gasteiger partial charge on any atom is 0.325 e. The number of carboxylic acids is 2. The maximum atomic E-state index is 11.8. The minimum atomic E-state index is -3.63. The van der Waals surface area contributed by atoms with E-state index >= 15 is 0 Å².